The minimum Gasteiger partial charge on any atom is -0.464 e. The molecule has 0 spiro atoms. The lowest BCUT2D eigenvalue weighted by molar-refractivity contribution is -0.149. The van der Waals surface area contributed by atoms with E-state index >= 15 is 0 Å². The quantitative estimate of drug-likeness (QED) is 0.303. The molecule has 11 heteroatoms. The number of benzene rings is 1. The zero-order valence-corrected chi connectivity index (χ0v) is 17.4. The fourth-order valence-corrected chi connectivity index (χ4v) is 3.94. The Hall–Kier alpha value is -1.74. The van der Waals surface area contributed by atoms with Crippen LogP contribution >= 0.6 is 0 Å². The van der Waals surface area contributed by atoms with E-state index in [4.69, 9.17) is 14.0 Å². The average Bonchev–Trinajstić information content (AvgIpc) is 2.60. The molecule has 0 aromatic heterocycles. The third kappa shape index (κ3) is 6.41. The van der Waals surface area contributed by atoms with Crippen LogP contribution in [-0.2, 0) is 30.7 Å². The smallest absolute Gasteiger partial charge is 0.338 e. The Labute approximate surface area is 168 Å². The summed E-state index contributed by atoms with van der Waals surface area (Å²) in [4.78, 5) is 24.6. The Bertz CT molecular complexity index is 833. The summed E-state index contributed by atoms with van der Waals surface area (Å²) in [5.74, 6) is -1.76. The zero-order valence-electron chi connectivity index (χ0n) is 16.6. The van der Waals surface area contributed by atoms with E-state index in [-0.39, 0.29) is 24.6 Å². The molecule has 0 atom stereocenters. The maximum absolute atomic E-state index is 12.7. The molecular formula is C17H25B3O7S. The lowest BCUT2D eigenvalue weighted by atomic mass is 9.77. The van der Waals surface area contributed by atoms with E-state index in [9.17, 15) is 18.0 Å². The Morgan fingerprint density at radius 2 is 1.79 bits per heavy atom. The van der Waals surface area contributed by atoms with Crippen molar-refractivity contribution in [2.75, 3.05) is 12.4 Å². The molecule has 1 aromatic rings. The first-order chi connectivity index (χ1) is 13.1. The van der Waals surface area contributed by atoms with Gasteiger partial charge in [-0.3, -0.25) is 9.35 Å². The second kappa shape index (κ2) is 9.65. The molecule has 0 heterocycles. The van der Waals surface area contributed by atoms with Gasteiger partial charge >= 0.3 is 11.9 Å². The van der Waals surface area contributed by atoms with Gasteiger partial charge in [0.1, 0.15) is 42.0 Å². The van der Waals surface area contributed by atoms with Crippen LogP contribution in [0.25, 0.3) is 0 Å². The molecule has 0 aliphatic heterocycles. The van der Waals surface area contributed by atoms with Crippen molar-refractivity contribution in [2.45, 2.75) is 38.1 Å². The normalized spacial score (nSPS) is 19.8. The second-order valence-electron chi connectivity index (χ2n) is 7.29. The van der Waals surface area contributed by atoms with Crippen molar-refractivity contribution in [1.82, 2.24) is 0 Å². The summed E-state index contributed by atoms with van der Waals surface area (Å²) in [6.07, 6.45) is 2.62. The van der Waals surface area contributed by atoms with E-state index in [1.165, 1.54) is 0 Å². The molecule has 2 rings (SSSR count). The molecule has 0 radical (unpaired) electrons. The van der Waals surface area contributed by atoms with Crippen molar-refractivity contribution in [3.05, 3.63) is 23.3 Å². The third-order valence-corrected chi connectivity index (χ3v) is 5.74. The molecule has 1 saturated carbocycles. The van der Waals surface area contributed by atoms with Crippen molar-refractivity contribution in [2.24, 2.45) is 5.92 Å². The van der Waals surface area contributed by atoms with Crippen molar-refractivity contribution in [3.8, 4) is 0 Å². The molecule has 0 amide bonds. The van der Waals surface area contributed by atoms with E-state index in [1.807, 2.05) is 29.6 Å². The van der Waals surface area contributed by atoms with E-state index in [1.54, 1.807) is 0 Å². The summed E-state index contributed by atoms with van der Waals surface area (Å²) < 4.78 is 40.6. The molecule has 28 heavy (non-hydrogen) atoms. The lowest BCUT2D eigenvalue weighted by Crippen LogP contribution is -2.31. The van der Waals surface area contributed by atoms with Crippen LogP contribution in [0.1, 0.15) is 41.6 Å². The number of carbonyl (C=O) groups excluding carboxylic acids is 2. The van der Waals surface area contributed by atoms with Gasteiger partial charge in [0.2, 0.25) is 0 Å². The third-order valence-electron chi connectivity index (χ3n) is 5.06. The lowest BCUT2D eigenvalue weighted by Gasteiger charge is -2.27. The van der Waals surface area contributed by atoms with Gasteiger partial charge in [-0.2, -0.15) is 8.42 Å². The standard InChI is InChI=1S/C17H25B3O7S/c18-9-14-13(7-11(19)8-15(14)20)17(22)27-12-3-1-10(2-4-12)16(21)26-5-6-28(23,24)25/h7-8,10,12H,1-6,9,18-20H2,(H,23,24,25). The van der Waals surface area contributed by atoms with Crippen LogP contribution in [0.5, 0.6) is 0 Å². The maximum Gasteiger partial charge on any atom is 0.338 e. The Morgan fingerprint density at radius 3 is 2.36 bits per heavy atom. The van der Waals surface area contributed by atoms with Gasteiger partial charge in [0, 0.05) is 0 Å². The molecule has 1 aliphatic carbocycles. The van der Waals surface area contributed by atoms with Gasteiger partial charge in [-0.15, -0.1) is 0 Å². The van der Waals surface area contributed by atoms with Crippen molar-refractivity contribution < 1.29 is 32.0 Å². The molecule has 1 N–H and O–H groups in total. The van der Waals surface area contributed by atoms with Crippen molar-refractivity contribution >= 4 is 56.5 Å². The highest BCUT2D eigenvalue weighted by Gasteiger charge is 2.30. The van der Waals surface area contributed by atoms with E-state index in [0.717, 1.165) is 22.8 Å². The fraction of sp³-hybridized carbons (Fsp3) is 0.529. The topological polar surface area (TPSA) is 107 Å². The number of esters is 2. The highest BCUT2D eigenvalue weighted by atomic mass is 32.2. The van der Waals surface area contributed by atoms with Gasteiger partial charge in [0.15, 0.2) is 0 Å². The zero-order chi connectivity index (χ0) is 20.9. The van der Waals surface area contributed by atoms with E-state index < -0.39 is 21.8 Å². The molecule has 1 fully saturated rings. The Morgan fingerprint density at radius 1 is 1.14 bits per heavy atom. The number of ether oxygens (including phenoxy) is 2. The summed E-state index contributed by atoms with van der Waals surface area (Å²) in [6, 6.07) is 3.90. The summed E-state index contributed by atoms with van der Waals surface area (Å²) in [5, 5.41) is 0. The van der Waals surface area contributed by atoms with Crippen LogP contribution in [0.15, 0.2) is 12.1 Å². The largest absolute Gasteiger partial charge is 0.464 e. The first-order valence-corrected chi connectivity index (χ1v) is 11.1. The molecule has 7 nitrogen and oxygen atoms in total. The summed E-state index contributed by atoms with van der Waals surface area (Å²) in [5.41, 5.74) is 3.68. The van der Waals surface area contributed by atoms with Gasteiger partial charge in [-0.1, -0.05) is 29.4 Å². The molecule has 0 bridgehead atoms. The van der Waals surface area contributed by atoms with Crippen molar-refractivity contribution in [3.63, 3.8) is 0 Å². The maximum atomic E-state index is 12.7. The van der Waals surface area contributed by atoms with E-state index in [0.29, 0.717) is 31.2 Å². The number of hydrogen-bond donors (Lipinski definition) is 1. The van der Waals surface area contributed by atoms with Gasteiger partial charge in [-0.05, 0) is 31.2 Å². The second-order valence-corrected chi connectivity index (χ2v) is 8.87. The van der Waals surface area contributed by atoms with Crippen LogP contribution in [0.2, 0.25) is 0 Å². The minimum absolute atomic E-state index is 0.250. The molecule has 150 valence electrons. The van der Waals surface area contributed by atoms with Crippen LogP contribution in [-0.4, -0.2) is 66.9 Å². The molecule has 1 aliphatic rings. The predicted octanol–water partition coefficient (Wildman–Crippen LogP) is -2.52. The predicted molar refractivity (Wildman–Crippen MR) is 114 cm³/mol. The van der Waals surface area contributed by atoms with Crippen LogP contribution in [0, 0.1) is 5.92 Å². The number of hydrogen-bond acceptors (Lipinski definition) is 6. The van der Waals surface area contributed by atoms with Gasteiger partial charge in [0.25, 0.3) is 10.1 Å². The molecule has 0 saturated heterocycles. The highest BCUT2D eigenvalue weighted by molar-refractivity contribution is 7.85. The van der Waals surface area contributed by atoms with Crippen LogP contribution in [0.4, 0.5) is 0 Å². The van der Waals surface area contributed by atoms with Crippen LogP contribution < -0.4 is 10.9 Å². The Kier molecular flexibility index (Phi) is 7.77. The molecule has 1 aromatic carbocycles. The first-order valence-electron chi connectivity index (χ1n) is 9.53. The highest BCUT2D eigenvalue weighted by Crippen LogP contribution is 2.28. The minimum atomic E-state index is -4.15. The average molecular weight is 406 g/mol. The van der Waals surface area contributed by atoms with Crippen LogP contribution in [0.3, 0.4) is 0 Å². The number of rotatable bonds is 7. The van der Waals surface area contributed by atoms with E-state index in [2.05, 4.69) is 6.07 Å². The Balaban J connectivity index is 1.87. The summed E-state index contributed by atoms with van der Waals surface area (Å²) in [7, 11) is 1.80. The van der Waals surface area contributed by atoms with Gasteiger partial charge in [0.05, 0.1) is 11.5 Å². The van der Waals surface area contributed by atoms with Gasteiger partial charge < -0.3 is 9.47 Å². The number of carbonyl (C=O) groups is 2. The molecular weight excluding hydrogens is 381 g/mol. The summed E-state index contributed by atoms with van der Waals surface area (Å²) in [6.45, 7) is -0.362. The molecule has 0 unspecified atom stereocenters. The van der Waals surface area contributed by atoms with Crippen molar-refractivity contribution in [1.29, 1.82) is 0 Å². The van der Waals surface area contributed by atoms with Gasteiger partial charge in [-0.25, -0.2) is 4.79 Å². The first kappa shape index (κ1) is 22.6. The monoisotopic (exact) mass is 406 g/mol. The summed E-state index contributed by atoms with van der Waals surface area (Å²) >= 11 is 0. The SMILES string of the molecule is BCc1c(B)cc(B)cc1C(=O)OC1CCC(C(=O)OCCS(=O)(=O)O)CC1. The fourth-order valence-electron chi connectivity index (χ4n) is 3.65.